The molecule has 0 saturated carbocycles. The Hall–Kier alpha value is -1.84. The van der Waals surface area contributed by atoms with Crippen LogP contribution in [0.2, 0.25) is 5.02 Å². The lowest BCUT2D eigenvalue weighted by molar-refractivity contribution is 0.264. The summed E-state index contributed by atoms with van der Waals surface area (Å²) in [6.07, 6.45) is 0. The summed E-state index contributed by atoms with van der Waals surface area (Å²) in [5.41, 5.74) is 2.58. The maximum atomic E-state index is 14.2. The molecule has 0 unspecified atom stereocenters. The zero-order chi connectivity index (χ0) is 24.6. The average molecular weight is 627 g/mol. The summed E-state index contributed by atoms with van der Waals surface area (Å²) in [6, 6.07) is 18.0. The van der Waals surface area contributed by atoms with Crippen LogP contribution in [0.1, 0.15) is 5.56 Å². The van der Waals surface area contributed by atoms with E-state index >= 15 is 0 Å². The zero-order valence-electron chi connectivity index (χ0n) is 18.8. The molecule has 4 aromatic rings. The van der Waals surface area contributed by atoms with Crippen LogP contribution >= 0.6 is 43.5 Å². The third-order valence-electron chi connectivity index (χ3n) is 5.33. The molecule has 0 aliphatic heterocycles. The Morgan fingerprint density at radius 1 is 1.00 bits per heavy atom. The van der Waals surface area contributed by atoms with Gasteiger partial charge in [0.05, 0.1) is 5.52 Å². The minimum atomic E-state index is -4.04. The fraction of sp³-hybridized carbons (Fsp3) is 0.200. The Morgan fingerprint density at radius 3 is 2.35 bits per heavy atom. The topological polar surface area (TPSA) is 51.5 Å². The molecular formula is C25H23Br2ClN2O3S. The standard InChI is InChI=1S/C25H23Br2ClN2O3S/c1-16-9-10-22(20(26)13-16)34(31,32)30-23(17-7-5-4-6-8-17)25(33-12-11-29(2)3)19-14-18(28)15-21(27)24(19)30/h4-10,13-15H,11-12H2,1-3H3. The first kappa shape index (κ1) is 25.3. The lowest BCUT2D eigenvalue weighted by Gasteiger charge is -2.16. The number of hydrogen-bond acceptors (Lipinski definition) is 4. The molecule has 0 saturated heterocycles. The highest BCUT2D eigenvalue weighted by Gasteiger charge is 2.31. The van der Waals surface area contributed by atoms with Crippen LogP contribution in [0.5, 0.6) is 5.75 Å². The second-order valence-corrected chi connectivity index (χ2v) is 12.1. The maximum absolute atomic E-state index is 14.2. The number of halogens is 3. The summed E-state index contributed by atoms with van der Waals surface area (Å²) in [5.74, 6) is 0.470. The molecule has 178 valence electrons. The maximum Gasteiger partial charge on any atom is 0.270 e. The lowest BCUT2D eigenvalue weighted by atomic mass is 10.1. The Kier molecular flexibility index (Phi) is 7.45. The molecule has 1 heterocycles. The second kappa shape index (κ2) is 10.0. The third-order valence-corrected chi connectivity index (χ3v) is 8.83. The first-order valence-corrected chi connectivity index (χ1v) is 13.9. The fourth-order valence-corrected chi connectivity index (χ4v) is 7.57. The quantitative estimate of drug-likeness (QED) is 0.222. The van der Waals surface area contributed by atoms with E-state index in [0.29, 0.717) is 55.0 Å². The summed E-state index contributed by atoms with van der Waals surface area (Å²) in [4.78, 5) is 2.17. The van der Waals surface area contributed by atoms with E-state index in [4.69, 9.17) is 16.3 Å². The van der Waals surface area contributed by atoms with Gasteiger partial charge in [0, 0.05) is 31.5 Å². The minimum absolute atomic E-state index is 0.161. The Balaban J connectivity index is 2.12. The fourth-order valence-electron chi connectivity index (χ4n) is 3.75. The van der Waals surface area contributed by atoms with Gasteiger partial charge in [-0.15, -0.1) is 0 Å². The van der Waals surface area contributed by atoms with E-state index < -0.39 is 10.0 Å². The van der Waals surface area contributed by atoms with Crippen LogP contribution in [0.4, 0.5) is 0 Å². The van der Waals surface area contributed by atoms with Gasteiger partial charge < -0.3 is 9.64 Å². The lowest BCUT2D eigenvalue weighted by Crippen LogP contribution is -2.20. The van der Waals surface area contributed by atoms with E-state index in [9.17, 15) is 8.42 Å². The largest absolute Gasteiger partial charge is 0.489 e. The molecule has 5 nitrogen and oxygen atoms in total. The Morgan fingerprint density at radius 2 is 1.71 bits per heavy atom. The summed E-state index contributed by atoms with van der Waals surface area (Å²) in [6.45, 7) is 2.96. The van der Waals surface area contributed by atoms with Crippen LogP contribution in [0.25, 0.3) is 22.2 Å². The number of nitrogens with zero attached hydrogens (tertiary/aromatic N) is 2. The SMILES string of the molecule is Cc1ccc(S(=O)(=O)n2c(-c3ccccc3)c(OCCN(C)C)c3cc(Cl)cc(Br)c32)c(Br)c1. The molecule has 0 aliphatic carbocycles. The van der Waals surface area contributed by atoms with Crippen LogP contribution in [-0.2, 0) is 10.0 Å². The predicted octanol–water partition coefficient (Wildman–Crippen LogP) is 6.97. The van der Waals surface area contributed by atoms with Gasteiger partial charge in [-0.25, -0.2) is 12.4 Å². The number of benzene rings is 3. The molecule has 0 atom stereocenters. The van der Waals surface area contributed by atoms with E-state index in [1.54, 1.807) is 30.3 Å². The summed E-state index contributed by atoms with van der Waals surface area (Å²) in [5, 5.41) is 1.09. The van der Waals surface area contributed by atoms with Crippen molar-refractivity contribution in [3.8, 4) is 17.0 Å². The van der Waals surface area contributed by atoms with Gasteiger partial charge in [0.15, 0.2) is 5.75 Å². The molecule has 4 rings (SSSR count). The molecule has 0 radical (unpaired) electrons. The van der Waals surface area contributed by atoms with E-state index in [1.165, 1.54) is 3.97 Å². The minimum Gasteiger partial charge on any atom is -0.489 e. The Labute approximate surface area is 221 Å². The smallest absolute Gasteiger partial charge is 0.270 e. The van der Waals surface area contributed by atoms with Crippen molar-refractivity contribution in [1.29, 1.82) is 0 Å². The van der Waals surface area contributed by atoms with Crippen molar-refractivity contribution < 1.29 is 13.2 Å². The third kappa shape index (κ3) is 4.79. The molecule has 0 amide bonds. The second-order valence-electron chi connectivity index (χ2n) is 8.18. The van der Waals surface area contributed by atoms with Crippen LogP contribution in [0.15, 0.2) is 74.5 Å². The summed E-state index contributed by atoms with van der Waals surface area (Å²) >= 11 is 13.4. The van der Waals surface area contributed by atoms with Crippen molar-refractivity contribution in [3.05, 3.63) is 80.2 Å². The molecule has 0 bridgehead atoms. The number of ether oxygens (including phenoxy) is 1. The number of likely N-dealkylation sites (N-methyl/N-ethyl adjacent to an activating group) is 1. The van der Waals surface area contributed by atoms with Gasteiger partial charge in [-0.2, -0.15) is 0 Å². The van der Waals surface area contributed by atoms with Gasteiger partial charge in [0.25, 0.3) is 10.0 Å². The van der Waals surface area contributed by atoms with E-state index in [-0.39, 0.29) is 4.90 Å². The highest BCUT2D eigenvalue weighted by molar-refractivity contribution is 9.11. The van der Waals surface area contributed by atoms with E-state index in [0.717, 1.165) is 5.56 Å². The van der Waals surface area contributed by atoms with Crippen molar-refractivity contribution in [3.63, 3.8) is 0 Å². The monoisotopic (exact) mass is 624 g/mol. The molecule has 9 heteroatoms. The highest BCUT2D eigenvalue weighted by Crippen LogP contribution is 2.46. The van der Waals surface area contributed by atoms with Crippen LogP contribution < -0.4 is 4.74 Å². The molecule has 3 aromatic carbocycles. The normalized spacial score (nSPS) is 12.0. The van der Waals surface area contributed by atoms with Gasteiger partial charge in [0.1, 0.15) is 17.2 Å². The molecular weight excluding hydrogens is 604 g/mol. The summed E-state index contributed by atoms with van der Waals surface area (Å²) < 4.78 is 37.1. The highest BCUT2D eigenvalue weighted by atomic mass is 79.9. The zero-order valence-corrected chi connectivity index (χ0v) is 23.6. The average Bonchev–Trinajstić information content (AvgIpc) is 3.09. The van der Waals surface area contributed by atoms with Crippen molar-refractivity contribution in [2.24, 2.45) is 0 Å². The first-order chi connectivity index (χ1) is 16.1. The molecule has 34 heavy (non-hydrogen) atoms. The van der Waals surface area contributed by atoms with Crippen molar-refractivity contribution in [2.75, 3.05) is 27.2 Å². The van der Waals surface area contributed by atoms with Crippen molar-refractivity contribution in [2.45, 2.75) is 11.8 Å². The van der Waals surface area contributed by atoms with Gasteiger partial charge in [-0.05, 0) is 82.7 Å². The van der Waals surface area contributed by atoms with Crippen LogP contribution in [0.3, 0.4) is 0 Å². The van der Waals surface area contributed by atoms with Crippen LogP contribution in [0, 0.1) is 6.92 Å². The van der Waals surface area contributed by atoms with Gasteiger partial charge >= 0.3 is 0 Å². The summed E-state index contributed by atoms with van der Waals surface area (Å²) in [7, 11) is -0.130. The van der Waals surface area contributed by atoms with E-state index in [1.807, 2.05) is 56.3 Å². The number of rotatable bonds is 7. The Bertz CT molecular complexity index is 1470. The predicted molar refractivity (Wildman–Crippen MR) is 146 cm³/mol. The van der Waals surface area contributed by atoms with Gasteiger partial charge in [-0.3, -0.25) is 0 Å². The molecule has 0 spiro atoms. The van der Waals surface area contributed by atoms with Gasteiger partial charge in [0.2, 0.25) is 0 Å². The number of aryl methyl sites for hydroxylation is 1. The van der Waals surface area contributed by atoms with Crippen molar-refractivity contribution >= 4 is 64.4 Å². The van der Waals surface area contributed by atoms with Crippen LogP contribution in [-0.4, -0.2) is 44.5 Å². The number of aromatic nitrogens is 1. The van der Waals surface area contributed by atoms with E-state index in [2.05, 4.69) is 31.9 Å². The first-order valence-electron chi connectivity index (χ1n) is 10.5. The molecule has 0 N–H and O–H groups in total. The molecule has 0 fully saturated rings. The number of hydrogen-bond donors (Lipinski definition) is 0. The molecule has 1 aromatic heterocycles. The van der Waals surface area contributed by atoms with Crippen molar-refractivity contribution in [1.82, 2.24) is 8.87 Å². The van der Waals surface area contributed by atoms with Gasteiger partial charge in [-0.1, -0.05) is 48.0 Å². The molecule has 0 aliphatic rings. The number of fused-ring (bicyclic) bond motifs is 1.